The van der Waals surface area contributed by atoms with Crippen molar-refractivity contribution >= 4 is 41.7 Å². The Hall–Kier alpha value is -0.470. The molecule has 0 spiro atoms. The minimum absolute atomic E-state index is 0. The van der Waals surface area contributed by atoms with Crippen LogP contribution in [0.25, 0.3) is 0 Å². The SMILES string of the molecule is CCNC(=NCCSCc1ccc(C)cc1)NC(C)COC.I. The first-order chi connectivity index (χ1) is 10.7. The lowest BCUT2D eigenvalue weighted by Crippen LogP contribution is -2.44. The molecule has 0 aliphatic heterocycles. The molecule has 0 fully saturated rings. The van der Waals surface area contributed by atoms with Crippen molar-refractivity contribution in [1.29, 1.82) is 0 Å². The van der Waals surface area contributed by atoms with Crippen LogP contribution >= 0.6 is 35.7 Å². The number of benzene rings is 1. The van der Waals surface area contributed by atoms with Crippen LogP contribution in [0.4, 0.5) is 0 Å². The summed E-state index contributed by atoms with van der Waals surface area (Å²) in [6.07, 6.45) is 0. The van der Waals surface area contributed by atoms with Crippen molar-refractivity contribution < 1.29 is 4.74 Å². The molecule has 0 bridgehead atoms. The summed E-state index contributed by atoms with van der Waals surface area (Å²) in [5, 5.41) is 6.60. The van der Waals surface area contributed by atoms with E-state index in [0.29, 0.717) is 6.61 Å². The van der Waals surface area contributed by atoms with Crippen LogP contribution in [0.15, 0.2) is 29.3 Å². The molecule has 2 N–H and O–H groups in total. The first-order valence-corrected chi connectivity index (χ1v) is 8.98. The van der Waals surface area contributed by atoms with Gasteiger partial charge in [-0.05, 0) is 26.3 Å². The molecule has 0 amide bonds. The van der Waals surface area contributed by atoms with E-state index in [9.17, 15) is 0 Å². The van der Waals surface area contributed by atoms with Crippen LogP contribution in [-0.4, -0.2) is 44.6 Å². The highest BCUT2D eigenvalue weighted by Gasteiger charge is 2.03. The van der Waals surface area contributed by atoms with E-state index in [-0.39, 0.29) is 30.0 Å². The Labute approximate surface area is 162 Å². The van der Waals surface area contributed by atoms with Gasteiger partial charge in [-0.3, -0.25) is 4.99 Å². The molecule has 1 aromatic carbocycles. The maximum absolute atomic E-state index is 5.13. The summed E-state index contributed by atoms with van der Waals surface area (Å²) >= 11 is 1.91. The predicted octanol–water partition coefficient (Wildman–Crippen LogP) is 3.44. The molecule has 6 heteroatoms. The number of halogens is 1. The normalized spacial score (nSPS) is 12.4. The molecule has 1 unspecified atom stereocenters. The number of ether oxygens (including phenoxy) is 1. The lowest BCUT2D eigenvalue weighted by molar-refractivity contribution is 0.179. The average Bonchev–Trinajstić information content (AvgIpc) is 2.49. The molecule has 0 heterocycles. The van der Waals surface area contributed by atoms with Crippen LogP contribution in [0.2, 0.25) is 0 Å². The van der Waals surface area contributed by atoms with E-state index >= 15 is 0 Å². The zero-order valence-electron chi connectivity index (χ0n) is 14.6. The van der Waals surface area contributed by atoms with Gasteiger partial charge in [0.05, 0.1) is 13.2 Å². The molecule has 23 heavy (non-hydrogen) atoms. The maximum atomic E-state index is 5.13. The Morgan fingerprint density at radius 2 is 2.00 bits per heavy atom. The number of guanidine groups is 1. The Morgan fingerprint density at radius 1 is 1.30 bits per heavy atom. The monoisotopic (exact) mass is 451 g/mol. The van der Waals surface area contributed by atoms with E-state index in [1.54, 1.807) is 7.11 Å². The summed E-state index contributed by atoms with van der Waals surface area (Å²) in [4.78, 5) is 4.60. The number of aryl methyl sites for hydroxylation is 1. The van der Waals surface area contributed by atoms with Crippen LogP contribution in [-0.2, 0) is 10.5 Å². The van der Waals surface area contributed by atoms with Gasteiger partial charge in [0.25, 0.3) is 0 Å². The van der Waals surface area contributed by atoms with Crippen LogP contribution in [0, 0.1) is 6.92 Å². The number of nitrogens with zero attached hydrogens (tertiary/aromatic N) is 1. The second kappa shape index (κ2) is 13.9. The van der Waals surface area contributed by atoms with Gasteiger partial charge in [-0.25, -0.2) is 0 Å². The van der Waals surface area contributed by atoms with E-state index in [1.807, 2.05) is 11.8 Å². The standard InChI is InChI=1S/C17H29N3OS.HI/c1-5-18-17(20-15(3)12-21-4)19-10-11-22-13-16-8-6-14(2)7-9-16;/h6-9,15H,5,10-13H2,1-4H3,(H2,18,19,20);1H. The fraction of sp³-hybridized carbons (Fsp3) is 0.588. The molecule has 1 aromatic rings. The zero-order chi connectivity index (χ0) is 16.2. The van der Waals surface area contributed by atoms with E-state index in [4.69, 9.17) is 4.74 Å². The molecule has 132 valence electrons. The van der Waals surface area contributed by atoms with Gasteiger partial charge in [-0.1, -0.05) is 29.8 Å². The average molecular weight is 451 g/mol. The fourth-order valence-electron chi connectivity index (χ4n) is 1.94. The first-order valence-electron chi connectivity index (χ1n) is 7.82. The van der Waals surface area contributed by atoms with Gasteiger partial charge in [-0.15, -0.1) is 24.0 Å². The summed E-state index contributed by atoms with van der Waals surface area (Å²) < 4.78 is 5.13. The van der Waals surface area contributed by atoms with Gasteiger partial charge in [0.2, 0.25) is 0 Å². The highest BCUT2D eigenvalue weighted by atomic mass is 127. The van der Waals surface area contributed by atoms with Gasteiger partial charge < -0.3 is 15.4 Å². The lowest BCUT2D eigenvalue weighted by Gasteiger charge is -2.16. The van der Waals surface area contributed by atoms with Crippen molar-refractivity contribution in [3.8, 4) is 0 Å². The minimum atomic E-state index is 0. The van der Waals surface area contributed by atoms with Crippen molar-refractivity contribution in [3.63, 3.8) is 0 Å². The summed E-state index contributed by atoms with van der Waals surface area (Å²) in [6, 6.07) is 8.98. The molecule has 0 saturated heterocycles. The van der Waals surface area contributed by atoms with E-state index in [1.165, 1.54) is 11.1 Å². The molecule has 0 aliphatic carbocycles. The third-order valence-electron chi connectivity index (χ3n) is 3.04. The quantitative estimate of drug-likeness (QED) is 0.261. The first kappa shape index (κ1) is 22.5. The van der Waals surface area contributed by atoms with E-state index < -0.39 is 0 Å². The minimum Gasteiger partial charge on any atom is -0.383 e. The second-order valence-electron chi connectivity index (χ2n) is 5.30. The molecular formula is C17H30IN3OS. The van der Waals surface area contributed by atoms with Gasteiger partial charge >= 0.3 is 0 Å². The van der Waals surface area contributed by atoms with Crippen molar-refractivity contribution in [2.24, 2.45) is 4.99 Å². The number of rotatable bonds is 9. The van der Waals surface area contributed by atoms with Gasteiger partial charge in [0, 0.05) is 31.2 Å². The number of aliphatic imine (C=N–C) groups is 1. The lowest BCUT2D eigenvalue weighted by atomic mass is 10.2. The Bertz CT molecular complexity index is 440. The number of methoxy groups -OCH3 is 1. The third kappa shape index (κ3) is 10.8. The van der Waals surface area contributed by atoms with Crippen LogP contribution < -0.4 is 10.6 Å². The van der Waals surface area contributed by atoms with E-state index in [2.05, 4.69) is 60.7 Å². The van der Waals surface area contributed by atoms with Gasteiger partial charge in [0.15, 0.2) is 5.96 Å². The Morgan fingerprint density at radius 3 is 2.61 bits per heavy atom. The summed E-state index contributed by atoms with van der Waals surface area (Å²) in [5.74, 6) is 2.92. The number of nitrogens with one attached hydrogen (secondary N) is 2. The predicted molar refractivity (Wildman–Crippen MR) is 113 cm³/mol. The second-order valence-corrected chi connectivity index (χ2v) is 6.40. The molecule has 0 aromatic heterocycles. The maximum Gasteiger partial charge on any atom is 0.191 e. The van der Waals surface area contributed by atoms with Crippen LogP contribution in [0.1, 0.15) is 25.0 Å². The van der Waals surface area contributed by atoms with Crippen LogP contribution in [0.3, 0.4) is 0 Å². The third-order valence-corrected chi connectivity index (χ3v) is 4.05. The van der Waals surface area contributed by atoms with Crippen molar-refractivity contribution in [1.82, 2.24) is 10.6 Å². The molecule has 1 atom stereocenters. The highest BCUT2D eigenvalue weighted by Crippen LogP contribution is 2.12. The number of thioether (sulfide) groups is 1. The van der Waals surface area contributed by atoms with Gasteiger partial charge in [0.1, 0.15) is 0 Å². The molecule has 1 rings (SSSR count). The topological polar surface area (TPSA) is 45.7 Å². The summed E-state index contributed by atoms with van der Waals surface area (Å²) in [5.41, 5.74) is 2.68. The van der Waals surface area contributed by atoms with Crippen LogP contribution in [0.5, 0.6) is 0 Å². The Balaban J connectivity index is 0.00000484. The fourth-order valence-corrected chi connectivity index (χ4v) is 2.73. The zero-order valence-corrected chi connectivity index (χ0v) is 17.7. The smallest absolute Gasteiger partial charge is 0.191 e. The molecule has 4 nitrogen and oxygen atoms in total. The summed E-state index contributed by atoms with van der Waals surface area (Å²) in [6.45, 7) is 8.62. The van der Waals surface area contributed by atoms with E-state index in [0.717, 1.165) is 30.6 Å². The number of hydrogen-bond donors (Lipinski definition) is 2. The molecule has 0 aliphatic rings. The van der Waals surface area contributed by atoms with Gasteiger partial charge in [-0.2, -0.15) is 11.8 Å². The highest BCUT2D eigenvalue weighted by molar-refractivity contribution is 14.0. The molecular weight excluding hydrogens is 421 g/mol. The summed E-state index contributed by atoms with van der Waals surface area (Å²) in [7, 11) is 1.71. The molecule has 0 saturated carbocycles. The number of hydrogen-bond acceptors (Lipinski definition) is 3. The van der Waals surface area contributed by atoms with Crippen molar-refractivity contribution in [3.05, 3.63) is 35.4 Å². The Kier molecular flexibility index (Phi) is 13.6. The van der Waals surface area contributed by atoms with Crippen molar-refractivity contribution in [2.45, 2.75) is 32.6 Å². The largest absolute Gasteiger partial charge is 0.383 e. The molecule has 0 radical (unpaired) electrons. The van der Waals surface area contributed by atoms with Crippen molar-refractivity contribution in [2.75, 3.05) is 32.6 Å².